The third-order valence-corrected chi connectivity index (χ3v) is 3.78. The summed E-state index contributed by atoms with van der Waals surface area (Å²) in [4.78, 5) is 13.4. The van der Waals surface area contributed by atoms with Gasteiger partial charge in [-0.1, -0.05) is 0 Å². The second-order valence-corrected chi connectivity index (χ2v) is 5.38. The van der Waals surface area contributed by atoms with Crippen molar-refractivity contribution in [3.63, 3.8) is 0 Å². The molecule has 1 unspecified atom stereocenters. The lowest BCUT2D eigenvalue weighted by Gasteiger charge is -2.36. The van der Waals surface area contributed by atoms with Crippen molar-refractivity contribution in [2.75, 3.05) is 45.9 Å². The van der Waals surface area contributed by atoms with E-state index in [1.54, 1.807) is 6.92 Å². The molecule has 0 aromatic heterocycles. The maximum absolute atomic E-state index is 10.9. The van der Waals surface area contributed by atoms with Gasteiger partial charge in [0.25, 0.3) is 0 Å². The predicted octanol–water partition coefficient (Wildman–Crippen LogP) is 0.245. The Bertz CT molecular complexity index is 273. The Kier molecular flexibility index (Phi) is 7.68. The number of hydrogen-bond acceptors (Lipinski definition) is 4. The molecular weight excluding hydrogens is 266 g/mol. The molecule has 2 rings (SSSR count). The van der Waals surface area contributed by atoms with E-state index in [0.717, 1.165) is 38.7 Å². The van der Waals surface area contributed by atoms with Crippen molar-refractivity contribution in [2.24, 2.45) is 5.92 Å². The monoisotopic (exact) mass is 291 g/mol. The molecule has 0 spiro atoms. The van der Waals surface area contributed by atoms with E-state index in [0.29, 0.717) is 6.54 Å². The number of halogens is 1. The smallest absolute Gasteiger partial charge is 0.216 e. The number of hydrogen-bond donors (Lipinski definition) is 2. The zero-order valence-corrected chi connectivity index (χ0v) is 12.5. The van der Waals surface area contributed by atoms with E-state index in [9.17, 15) is 4.79 Å². The van der Waals surface area contributed by atoms with E-state index in [1.807, 2.05) is 0 Å². The second-order valence-electron chi connectivity index (χ2n) is 5.38. The molecule has 0 aliphatic carbocycles. The minimum absolute atomic E-state index is 0. The predicted molar refractivity (Wildman–Crippen MR) is 77.7 cm³/mol. The summed E-state index contributed by atoms with van der Waals surface area (Å²) in [6, 6.07) is 0. The Morgan fingerprint density at radius 1 is 1.42 bits per heavy atom. The van der Waals surface area contributed by atoms with E-state index in [1.165, 1.54) is 19.4 Å². The number of carbonyl (C=O) groups is 1. The van der Waals surface area contributed by atoms with Crippen LogP contribution in [-0.2, 0) is 9.53 Å². The summed E-state index contributed by atoms with van der Waals surface area (Å²) in [6.07, 6.45) is 2.73. The van der Waals surface area contributed by atoms with E-state index in [-0.39, 0.29) is 24.4 Å². The van der Waals surface area contributed by atoms with Crippen LogP contribution in [0.1, 0.15) is 19.8 Å². The van der Waals surface area contributed by atoms with Gasteiger partial charge in [0.2, 0.25) is 5.91 Å². The largest absolute Gasteiger partial charge is 0.374 e. The van der Waals surface area contributed by atoms with Crippen LogP contribution in [0.4, 0.5) is 0 Å². The van der Waals surface area contributed by atoms with Crippen LogP contribution in [-0.4, -0.2) is 62.8 Å². The average Bonchev–Trinajstić information content (AvgIpc) is 2.38. The minimum Gasteiger partial charge on any atom is -0.374 e. The molecule has 2 fully saturated rings. The van der Waals surface area contributed by atoms with Gasteiger partial charge >= 0.3 is 0 Å². The second kappa shape index (κ2) is 8.74. The number of rotatable bonds is 4. The number of nitrogens with zero attached hydrogens (tertiary/aromatic N) is 1. The van der Waals surface area contributed by atoms with Crippen molar-refractivity contribution in [3.8, 4) is 0 Å². The van der Waals surface area contributed by atoms with Crippen LogP contribution in [0, 0.1) is 5.92 Å². The first-order valence-electron chi connectivity index (χ1n) is 7.03. The SMILES string of the molecule is CC(=O)NCC1CN(CC2CCNCC2)CCO1.Cl. The van der Waals surface area contributed by atoms with Crippen molar-refractivity contribution < 1.29 is 9.53 Å². The normalized spacial score (nSPS) is 25.6. The van der Waals surface area contributed by atoms with Gasteiger partial charge in [-0.2, -0.15) is 0 Å². The topological polar surface area (TPSA) is 53.6 Å². The summed E-state index contributed by atoms with van der Waals surface area (Å²) in [5, 5.41) is 6.24. The molecule has 0 aromatic carbocycles. The maximum atomic E-state index is 10.9. The average molecular weight is 292 g/mol. The Morgan fingerprint density at radius 2 is 2.16 bits per heavy atom. The fourth-order valence-electron chi connectivity index (χ4n) is 2.76. The number of carbonyl (C=O) groups excluding carboxylic acids is 1. The number of ether oxygens (including phenoxy) is 1. The molecule has 2 aliphatic rings. The Hall–Kier alpha value is -0.360. The van der Waals surface area contributed by atoms with E-state index < -0.39 is 0 Å². The third kappa shape index (κ3) is 6.08. The van der Waals surface area contributed by atoms with Crippen molar-refractivity contribution in [1.82, 2.24) is 15.5 Å². The van der Waals surface area contributed by atoms with Crippen LogP contribution >= 0.6 is 12.4 Å². The zero-order chi connectivity index (χ0) is 12.8. The van der Waals surface area contributed by atoms with Gasteiger partial charge in [0.1, 0.15) is 0 Å². The molecule has 0 saturated carbocycles. The van der Waals surface area contributed by atoms with Gasteiger partial charge in [0.15, 0.2) is 0 Å². The van der Waals surface area contributed by atoms with E-state index >= 15 is 0 Å². The first-order valence-corrected chi connectivity index (χ1v) is 7.03. The Morgan fingerprint density at radius 3 is 2.84 bits per heavy atom. The van der Waals surface area contributed by atoms with Crippen LogP contribution in [0.5, 0.6) is 0 Å². The first-order chi connectivity index (χ1) is 8.74. The summed E-state index contributed by atoms with van der Waals surface area (Å²) in [5.41, 5.74) is 0. The molecule has 19 heavy (non-hydrogen) atoms. The number of nitrogens with one attached hydrogen (secondary N) is 2. The highest BCUT2D eigenvalue weighted by molar-refractivity contribution is 5.85. The summed E-state index contributed by atoms with van der Waals surface area (Å²) < 4.78 is 5.68. The van der Waals surface area contributed by atoms with Crippen molar-refractivity contribution in [1.29, 1.82) is 0 Å². The minimum atomic E-state index is 0. The zero-order valence-electron chi connectivity index (χ0n) is 11.7. The molecule has 0 radical (unpaired) electrons. The van der Waals surface area contributed by atoms with Gasteiger partial charge in [-0.15, -0.1) is 12.4 Å². The quantitative estimate of drug-likeness (QED) is 0.779. The fraction of sp³-hybridized carbons (Fsp3) is 0.923. The lowest BCUT2D eigenvalue weighted by molar-refractivity contribution is -0.120. The van der Waals surface area contributed by atoms with Gasteiger partial charge in [-0.3, -0.25) is 9.69 Å². The van der Waals surface area contributed by atoms with E-state index in [4.69, 9.17) is 4.74 Å². The molecular formula is C13H26ClN3O2. The molecule has 2 aliphatic heterocycles. The van der Waals surface area contributed by atoms with Gasteiger partial charge in [-0.25, -0.2) is 0 Å². The molecule has 1 amide bonds. The summed E-state index contributed by atoms with van der Waals surface area (Å²) in [6.45, 7) is 8.45. The van der Waals surface area contributed by atoms with Crippen LogP contribution < -0.4 is 10.6 Å². The third-order valence-electron chi connectivity index (χ3n) is 3.78. The van der Waals surface area contributed by atoms with Crippen LogP contribution in [0.3, 0.4) is 0 Å². The summed E-state index contributed by atoms with van der Waals surface area (Å²) in [7, 11) is 0. The van der Waals surface area contributed by atoms with Gasteiger partial charge in [0.05, 0.1) is 12.7 Å². The van der Waals surface area contributed by atoms with Gasteiger partial charge < -0.3 is 15.4 Å². The van der Waals surface area contributed by atoms with Crippen LogP contribution in [0.25, 0.3) is 0 Å². The maximum Gasteiger partial charge on any atom is 0.216 e. The number of amides is 1. The highest BCUT2D eigenvalue weighted by Gasteiger charge is 2.23. The van der Waals surface area contributed by atoms with Crippen LogP contribution in [0.15, 0.2) is 0 Å². The molecule has 1 atom stereocenters. The standard InChI is InChI=1S/C13H25N3O2.ClH/c1-11(17)15-8-13-10-16(6-7-18-13)9-12-2-4-14-5-3-12;/h12-14H,2-10H2,1H3,(H,15,17);1H. The highest BCUT2D eigenvalue weighted by atomic mass is 35.5. The Balaban J connectivity index is 0.00000180. The molecule has 5 nitrogen and oxygen atoms in total. The van der Waals surface area contributed by atoms with Crippen molar-refractivity contribution >= 4 is 18.3 Å². The Labute approximate surface area is 121 Å². The summed E-state index contributed by atoms with van der Waals surface area (Å²) in [5.74, 6) is 0.847. The molecule has 2 saturated heterocycles. The molecule has 0 bridgehead atoms. The van der Waals surface area contributed by atoms with Gasteiger partial charge in [0, 0.05) is 33.1 Å². The van der Waals surface area contributed by atoms with Crippen LogP contribution in [0.2, 0.25) is 0 Å². The fourth-order valence-corrected chi connectivity index (χ4v) is 2.76. The lowest BCUT2D eigenvalue weighted by Crippen LogP contribution is -2.49. The molecule has 2 N–H and O–H groups in total. The van der Waals surface area contributed by atoms with Crippen molar-refractivity contribution in [2.45, 2.75) is 25.9 Å². The van der Waals surface area contributed by atoms with Gasteiger partial charge in [-0.05, 0) is 31.8 Å². The molecule has 2 heterocycles. The van der Waals surface area contributed by atoms with E-state index in [2.05, 4.69) is 15.5 Å². The van der Waals surface area contributed by atoms with Crippen molar-refractivity contribution in [3.05, 3.63) is 0 Å². The molecule has 6 heteroatoms. The number of piperidine rings is 1. The lowest BCUT2D eigenvalue weighted by atomic mass is 9.97. The molecule has 0 aromatic rings. The number of morpholine rings is 1. The summed E-state index contributed by atoms with van der Waals surface area (Å²) >= 11 is 0. The molecule has 112 valence electrons. The first kappa shape index (κ1) is 16.7. The highest BCUT2D eigenvalue weighted by Crippen LogP contribution is 2.15.